The van der Waals surface area contributed by atoms with Crippen molar-refractivity contribution < 1.29 is 14.3 Å². The summed E-state index contributed by atoms with van der Waals surface area (Å²) in [6, 6.07) is 19.7. The number of amides is 2. The Balaban J connectivity index is 1.75. The van der Waals surface area contributed by atoms with Gasteiger partial charge in [0.1, 0.15) is 11.8 Å². The lowest BCUT2D eigenvalue weighted by atomic mass is 10.0. The summed E-state index contributed by atoms with van der Waals surface area (Å²) < 4.78 is 5.12. The molecule has 0 bridgehead atoms. The van der Waals surface area contributed by atoms with Crippen LogP contribution in [0.4, 0.5) is 0 Å². The summed E-state index contributed by atoms with van der Waals surface area (Å²) in [5, 5.41) is 4.74. The number of nitrogens with one attached hydrogen (secondary N) is 1. The summed E-state index contributed by atoms with van der Waals surface area (Å²) in [6.45, 7) is 0. The third-order valence-corrected chi connectivity index (χ3v) is 4.26. The van der Waals surface area contributed by atoms with Gasteiger partial charge in [-0.1, -0.05) is 42.5 Å². The first-order chi connectivity index (χ1) is 12.6. The molecule has 0 aliphatic heterocycles. The van der Waals surface area contributed by atoms with E-state index in [1.54, 1.807) is 31.4 Å². The average molecular weight is 348 g/mol. The smallest absolute Gasteiger partial charge is 0.251 e. The summed E-state index contributed by atoms with van der Waals surface area (Å²) in [5.74, 6) is -0.174. The van der Waals surface area contributed by atoms with E-state index in [1.807, 2.05) is 42.5 Å². The zero-order valence-electron chi connectivity index (χ0n) is 14.4. The number of ether oxygens (including phenoxy) is 1. The molecule has 0 saturated heterocycles. The second kappa shape index (κ2) is 7.70. The molecule has 3 rings (SSSR count). The van der Waals surface area contributed by atoms with Gasteiger partial charge in [-0.2, -0.15) is 0 Å². The van der Waals surface area contributed by atoms with E-state index < -0.39 is 11.9 Å². The fourth-order valence-electron chi connectivity index (χ4n) is 2.79. The quantitative estimate of drug-likeness (QED) is 0.718. The van der Waals surface area contributed by atoms with Crippen molar-refractivity contribution in [2.45, 2.75) is 12.5 Å². The van der Waals surface area contributed by atoms with Crippen molar-refractivity contribution in [3.05, 3.63) is 77.9 Å². The molecule has 3 N–H and O–H groups in total. The van der Waals surface area contributed by atoms with Gasteiger partial charge in [-0.05, 0) is 40.6 Å². The van der Waals surface area contributed by atoms with E-state index in [1.165, 1.54) is 0 Å². The molecule has 0 saturated carbocycles. The molecule has 3 aromatic rings. The van der Waals surface area contributed by atoms with Crippen LogP contribution in [0.2, 0.25) is 0 Å². The fourth-order valence-corrected chi connectivity index (χ4v) is 2.79. The Morgan fingerprint density at radius 2 is 1.69 bits per heavy atom. The Morgan fingerprint density at radius 3 is 2.35 bits per heavy atom. The van der Waals surface area contributed by atoms with Gasteiger partial charge in [0, 0.05) is 12.0 Å². The number of hydrogen-bond acceptors (Lipinski definition) is 3. The number of hydrogen-bond donors (Lipinski definition) is 2. The van der Waals surface area contributed by atoms with Crippen LogP contribution in [0.1, 0.15) is 15.9 Å². The summed E-state index contributed by atoms with van der Waals surface area (Å²) in [6.07, 6.45) is 0.318. The Labute approximate surface area is 151 Å². The Hall–Kier alpha value is -3.34. The van der Waals surface area contributed by atoms with Gasteiger partial charge in [0.2, 0.25) is 5.91 Å². The van der Waals surface area contributed by atoms with E-state index in [0.717, 1.165) is 22.1 Å². The summed E-state index contributed by atoms with van der Waals surface area (Å²) in [5.41, 5.74) is 6.85. The Bertz CT molecular complexity index is 935. The molecule has 132 valence electrons. The maximum atomic E-state index is 12.6. The standard InChI is InChI=1S/C21H20N2O3/c1-26-18-10-6-14(7-11-18)12-19(20(22)24)23-21(25)17-9-8-15-4-2-3-5-16(15)13-17/h2-11,13,19H,12H2,1H3,(H2,22,24)(H,23,25)/t19-/m0/s1. The zero-order chi connectivity index (χ0) is 18.5. The van der Waals surface area contributed by atoms with Crippen LogP contribution in [0, 0.1) is 0 Å². The number of fused-ring (bicyclic) bond motifs is 1. The molecular weight excluding hydrogens is 328 g/mol. The highest BCUT2D eigenvalue weighted by molar-refractivity contribution is 6.00. The predicted molar refractivity (Wildman–Crippen MR) is 101 cm³/mol. The molecule has 5 nitrogen and oxygen atoms in total. The third-order valence-electron chi connectivity index (χ3n) is 4.26. The average Bonchev–Trinajstić information content (AvgIpc) is 2.67. The minimum atomic E-state index is -0.789. The van der Waals surface area contributed by atoms with E-state index in [0.29, 0.717) is 12.0 Å². The van der Waals surface area contributed by atoms with E-state index in [9.17, 15) is 9.59 Å². The molecule has 0 aromatic heterocycles. The molecular formula is C21H20N2O3. The highest BCUT2D eigenvalue weighted by atomic mass is 16.5. The van der Waals surface area contributed by atoms with E-state index in [2.05, 4.69) is 5.32 Å². The van der Waals surface area contributed by atoms with E-state index in [4.69, 9.17) is 10.5 Å². The minimum Gasteiger partial charge on any atom is -0.497 e. The Morgan fingerprint density at radius 1 is 1.00 bits per heavy atom. The highest BCUT2D eigenvalue weighted by Gasteiger charge is 2.19. The van der Waals surface area contributed by atoms with Crippen molar-refractivity contribution in [3.8, 4) is 5.75 Å². The van der Waals surface area contributed by atoms with Crippen LogP contribution in [0.15, 0.2) is 66.7 Å². The number of carbonyl (C=O) groups is 2. The molecule has 5 heteroatoms. The summed E-state index contributed by atoms with van der Waals surface area (Å²) in [7, 11) is 1.59. The maximum absolute atomic E-state index is 12.6. The zero-order valence-corrected chi connectivity index (χ0v) is 14.4. The highest BCUT2D eigenvalue weighted by Crippen LogP contribution is 2.16. The van der Waals surface area contributed by atoms with Gasteiger partial charge in [0.05, 0.1) is 7.11 Å². The van der Waals surface area contributed by atoms with Crippen LogP contribution in [-0.2, 0) is 11.2 Å². The SMILES string of the molecule is COc1ccc(C[C@H](NC(=O)c2ccc3ccccc3c2)C(N)=O)cc1. The van der Waals surface area contributed by atoms with Gasteiger partial charge in [0.15, 0.2) is 0 Å². The lowest BCUT2D eigenvalue weighted by Crippen LogP contribution is -2.45. The van der Waals surface area contributed by atoms with Gasteiger partial charge in [0.25, 0.3) is 5.91 Å². The third kappa shape index (κ3) is 4.00. The number of carbonyl (C=O) groups excluding carboxylic acids is 2. The van der Waals surface area contributed by atoms with Crippen LogP contribution >= 0.6 is 0 Å². The first-order valence-electron chi connectivity index (χ1n) is 8.29. The molecule has 26 heavy (non-hydrogen) atoms. The van der Waals surface area contributed by atoms with E-state index >= 15 is 0 Å². The first-order valence-corrected chi connectivity index (χ1v) is 8.29. The van der Waals surface area contributed by atoms with Crippen LogP contribution in [0.5, 0.6) is 5.75 Å². The maximum Gasteiger partial charge on any atom is 0.251 e. The van der Waals surface area contributed by atoms with Crippen LogP contribution in [-0.4, -0.2) is 25.0 Å². The van der Waals surface area contributed by atoms with Crippen LogP contribution in [0.25, 0.3) is 10.8 Å². The number of rotatable bonds is 6. The number of methoxy groups -OCH3 is 1. The van der Waals surface area contributed by atoms with Crippen molar-refractivity contribution in [2.75, 3.05) is 7.11 Å². The topological polar surface area (TPSA) is 81.4 Å². The monoisotopic (exact) mass is 348 g/mol. The number of primary amides is 1. The fraction of sp³-hybridized carbons (Fsp3) is 0.143. The van der Waals surface area contributed by atoms with Crippen molar-refractivity contribution >= 4 is 22.6 Å². The van der Waals surface area contributed by atoms with Gasteiger partial charge in [-0.15, -0.1) is 0 Å². The normalized spacial score (nSPS) is 11.7. The van der Waals surface area contributed by atoms with Crippen LogP contribution < -0.4 is 15.8 Å². The molecule has 0 aliphatic rings. The van der Waals surface area contributed by atoms with E-state index in [-0.39, 0.29) is 5.91 Å². The molecule has 0 aliphatic carbocycles. The first kappa shape index (κ1) is 17.5. The second-order valence-electron chi connectivity index (χ2n) is 6.04. The van der Waals surface area contributed by atoms with Gasteiger partial charge < -0.3 is 15.8 Å². The van der Waals surface area contributed by atoms with Crippen molar-refractivity contribution in [3.63, 3.8) is 0 Å². The predicted octanol–water partition coefficient (Wildman–Crippen LogP) is 2.67. The number of benzene rings is 3. The Kier molecular flexibility index (Phi) is 5.17. The van der Waals surface area contributed by atoms with Crippen molar-refractivity contribution in [2.24, 2.45) is 5.73 Å². The molecule has 0 fully saturated rings. The molecule has 2 amide bonds. The number of nitrogens with two attached hydrogens (primary N) is 1. The molecule has 3 aromatic carbocycles. The lowest BCUT2D eigenvalue weighted by molar-refractivity contribution is -0.119. The van der Waals surface area contributed by atoms with Crippen LogP contribution in [0.3, 0.4) is 0 Å². The van der Waals surface area contributed by atoms with Crippen molar-refractivity contribution in [1.82, 2.24) is 5.32 Å². The summed E-state index contributed by atoms with van der Waals surface area (Å²) in [4.78, 5) is 24.3. The second-order valence-corrected chi connectivity index (χ2v) is 6.04. The van der Waals surface area contributed by atoms with Gasteiger partial charge >= 0.3 is 0 Å². The van der Waals surface area contributed by atoms with Gasteiger partial charge in [-0.3, -0.25) is 9.59 Å². The lowest BCUT2D eigenvalue weighted by Gasteiger charge is -2.16. The molecule has 0 unspecified atom stereocenters. The molecule has 1 atom stereocenters. The minimum absolute atomic E-state index is 0.318. The molecule has 0 spiro atoms. The van der Waals surface area contributed by atoms with Gasteiger partial charge in [-0.25, -0.2) is 0 Å². The summed E-state index contributed by atoms with van der Waals surface area (Å²) >= 11 is 0. The largest absolute Gasteiger partial charge is 0.497 e. The molecule has 0 radical (unpaired) electrons. The molecule has 0 heterocycles. The van der Waals surface area contributed by atoms with Crippen molar-refractivity contribution in [1.29, 1.82) is 0 Å².